The van der Waals surface area contributed by atoms with Crippen LogP contribution in [0.3, 0.4) is 0 Å². The molecule has 2 aromatic rings. The van der Waals surface area contributed by atoms with Gasteiger partial charge in [0.2, 0.25) is 0 Å². The van der Waals surface area contributed by atoms with Gasteiger partial charge in [-0.2, -0.15) is 5.26 Å². The van der Waals surface area contributed by atoms with E-state index >= 15 is 0 Å². The molecule has 0 radical (unpaired) electrons. The zero-order chi connectivity index (χ0) is 20.0. The van der Waals surface area contributed by atoms with E-state index in [1.54, 1.807) is 19.2 Å². The van der Waals surface area contributed by atoms with Crippen molar-refractivity contribution in [3.05, 3.63) is 38.8 Å². The van der Waals surface area contributed by atoms with Crippen LogP contribution in [-0.2, 0) is 9.53 Å². The van der Waals surface area contributed by atoms with Crippen LogP contribution in [0.2, 0.25) is 5.02 Å². The molecule has 7 nitrogen and oxygen atoms in total. The molecule has 0 spiro atoms. The summed E-state index contributed by atoms with van der Waals surface area (Å²) in [6, 6.07) is 4.67. The molecule has 0 saturated heterocycles. The maximum atomic E-state index is 12.3. The number of thiazole rings is 1. The summed E-state index contributed by atoms with van der Waals surface area (Å²) in [5.41, 5.74) is 0.822. The summed E-state index contributed by atoms with van der Waals surface area (Å²) in [7, 11) is 1.42. The topological polar surface area (TPSA) is 98.5 Å². The van der Waals surface area contributed by atoms with Crippen LogP contribution in [-0.4, -0.2) is 37.1 Å². The second-order valence-electron chi connectivity index (χ2n) is 5.35. The first-order valence-electron chi connectivity index (χ1n) is 7.93. The first-order chi connectivity index (χ1) is 12.9. The lowest BCUT2D eigenvalue weighted by atomic mass is 10.1. The normalized spacial score (nSPS) is 11.4. The van der Waals surface area contributed by atoms with Crippen molar-refractivity contribution in [2.75, 3.05) is 20.3 Å². The van der Waals surface area contributed by atoms with Crippen LogP contribution in [0.4, 0.5) is 0 Å². The highest BCUT2D eigenvalue weighted by molar-refractivity contribution is 7.09. The van der Waals surface area contributed by atoms with Gasteiger partial charge in [0.1, 0.15) is 5.01 Å². The van der Waals surface area contributed by atoms with E-state index in [1.807, 2.05) is 6.07 Å². The number of hydrogen-bond acceptors (Lipinski definition) is 8. The maximum Gasteiger partial charge on any atom is 0.338 e. The van der Waals surface area contributed by atoms with Crippen LogP contribution in [0.5, 0.6) is 11.5 Å². The van der Waals surface area contributed by atoms with Crippen molar-refractivity contribution >= 4 is 34.7 Å². The fraction of sp³-hybridized carbons (Fsp3) is 0.333. The number of nitrogens with zero attached hydrogens (tertiary/aromatic N) is 2. The molecule has 1 aromatic heterocycles. The van der Waals surface area contributed by atoms with Crippen LogP contribution in [0.25, 0.3) is 0 Å². The van der Waals surface area contributed by atoms with Crippen LogP contribution >= 0.6 is 22.9 Å². The molecular weight excluding hydrogens is 392 g/mol. The number of methoxy groups -OCH3 is 1. The van der Waals surface area contributed by atoms with Gasteiger partial charge in [-0.3, -0.25) is 4.79 Å². The van der Waals surface area contributed by atoms with Crippen molar-refractivity contribution in [2.24, 2.45) is 0 Å². The van der Waals surface area contributed by atoms with E-state index in [0.29, 0.717) is 17.4 Å². The third-order valence-electron chi connectivity index (χ3n) is 3.43. The standard InChI is InChI=1S/C18H17ClN2O5S/c1-4-25-16-13(19)5-11(6-15(16)24-3)18(23)26-8-14(22)12(7-20)17-21-10(2)9-27-17/h5-6,9,12H,4,8H2,1-3H3/t12-/m1/s1. The van der Waals surface area contributed by atoms with Gasteiger partial charge in [-0.15, -0.1) is 11.3 Å². The molecule has 1 atom stereocenters. The van der Waals surface area contributed by atoms with Crippen molar-refractivity contribution in [3.63, 3.8) is 0 Å². The summed E-state index contributed by atoms with van der Waals surface area (Å²) < 4.78 is 15.6. The predicted molar refractivity (Wildman–Crippen MR) is 99.7 cm³/mol. The summed E-state index contributed by atoms with van der Waals surface area (Å²) >= 11 is 7.34. The summed E-state index contributed by atoms with van der Waals surface area (Å²) in [5.74, 6) is -1.80. The fourth-order valence-corrected chi connectivity index (χ4v) is 3.32. The van der Waals surface area contributed by atoms with Crippen LogP contribution in [0.15, 0.2) is 17.5 Å². The summed E-state index contributed by atoms with van der Waals surface area (Å²) in [6.07, 6.45) is 0. The third-order valence-corrected chi connectivity index (χ3v) is 4.74. The number of aryl methyl sites for hydroxylation is 1. The Bertz CT molecular complexity index is 890. The number of ether oxygens (including phenoxy) is 3. The average Bonchev–Trinajstić information content (AvgIpc) is 3.07. The smallest absolute Gasteiger partial charge is 0.338 e. The lowest BCUT2D eigenvalue weighted by Gasteiger charge is -2.13. The molecule has 0 bridgehead atoms. The number of nitriles is 1. The SMILES string of the molecule is CCOc1c(Cl)cc(C(=O)OCC(=O)[C@@H](C#N)c2nc(C)cs2)cc1OC. The van der Waals surface area contributed by atoms with Crippen molar-refractivity contribution in [1.29, 1.82) is 5.26 Å². The number of Topliss-reactive ketones (excluding diaryl/α,β-unsaturated/α-hetero) is 1. The average molecular weight is 409 g/mol. The summed E-state index contributed by atoms with van der Waals surface area (Å²) in [6.45, 7) is 3.38. The molecule has 9 heteroatoms. The lowest BCUT2D eigenvalue weighted by Crippen LogP contribution is -2.20. The highest BCUT2D eigenvalue weighted by Gasteiger charge is 2.25. The number of esters is 1. The minimum atomic E-state index is -1.07. The minimum absolute atomic E-state index is 0.103. The number of benzene rings is 1. The van der Waals surface area contributed by atoms with Gasteiger partial charge in [-0.1, -0.05) is 11.6 Å². The fourth-order valence-electron chi connectivity index (χ4n) is 2.20. The predicted octanol–water partition coefficient (Wildman–Crippen LogP) is 3.55. The van der Waals surface area contributed by atoms with E-state index < -0.39 is 24.3 Å². The molecule has 0 N–H and O–H groups in total. The van der Waals surface area contributed by atoms with Gasteiger partial charge in [0.05, 0.1) is 30.4 Å². The number of aromatic nitrogens is 1. The Morgan fingerprint density at radius 3 is 2.70 bits per heavy atom. The number of carbonyl (C=O) groups excluding carboxylic acids is 2. The minimum Gasteiger partial charge on any atom is -0.493 e. The monoisotopic (exact) mass is 408 g/mol. The van der Waals surface area contributed by atoms with Gasteiger partial charge in [0.25, 0.3) is 0 Å². The largest absolute Gasteiger partial charge is 0.493 e. The van der Waals surface area contributed by atoms with Crippen molar-refractivity contribution in [2.45, 2.75) is 19.8 Å². The Labute approximate surface area is 165 Å². The molecule has 142 valence electrons. The van der Waals surface area contributed by atoms with Gasteiger partial charge in [0.15, 0.2) is 29.8 Å². The van der Waals surface area contributed by atoms with Gasteiger partial charge in [-0.05, 0) is 26.0 Å². The Morgan fingerprint density at radius 1 is 1.41 bits per heavy atom. The van der Waals surface area contributed by atoms with E-state index in [1.165, 1.54) is 30.6 Å². The first kappa shape index (κ1) is 20.7. The highest BCUT2D eigenvalue weighted by atomic mass is 35.5. The highest BCUT2D eigenvalue weighted by Crippen LogP contribution is 2.36. The molecule has 27 heavy (non-hydrogen) atoms. The quantitative estimate of drug-likeness (QED) is 0.616. The third kappa shape index (κ3) is 4.96. The van der Waals surface area contributed by atoms with E-state index in [-0.39, 0.29) is 16.3 Å². The number of carbonyl (C=O) groups is 2. The van der Waals surface area contributed by atoms with Gasteiger partial charge in [0, 0.05) is 11.1 Å². The number of hydrogen-bond donors (Lipinski definition) is 0. The molecule has 0 aliphatic carbocycles. The van der Waals surface area contributed by atoms with E-state index in [2.05, 4.69) is 4.98 Å². The number of ketones is 1. The molecule has 0 saturated carbocycles. The van der Waals surface area contributed by atoms with Gasteiger partial charge < -0.3 is 14.2 Å². The molecule has 0 unspecified atom stereocenters. The van der Waals surface area contributed by atoms with Crippen LogP contribution in [0, 0.1) is 18.3 Å². The van der Waals surface area contributed by atoms with Crippen molar-refractivity contribution < 1.29 is 23.8 Å². The Kier molecular flexibility index (Phi) is 7.16. The van der Waals surface area contributed by atoms with Gasteiger partial charge in [-0.25, -0.2) is 9.78 Å². The second kappa shape index (κ2) is 9.35. The van der Waals surface area contributed by atoms with E-state index in [4.69, 9.17) is 25.8 Å². The van der Waals surface area contributed by atoms with E-state index in [9.17, 15) is 14.9 Å². The molecule has 1 heterocycles. The zero-order valence-corrected chi connectivity index (χ0v) is 16.5. The second-order valence-corrected chi connectivity index (χ2v) is 6.65. The Hall–Kier alpha value is -2.63. The van der Waals surface area contributed by atoms with Crippen molar-refractivity contribution in [1.82, 2.24) is 4.98 Å². The van der Waals surface area contributed by atoms with E-state index in [0.717, 1.165) is 5.69 Å². The zero-order valence-electron chi connectivity index (χ0n) is 14.9. The molecule has 1 aromatic carbocycles. The van der Waals surface area contributed by atoms with Gasteiger partial charge >= 0.3 is 5.97 Å². The molecular formula is C18H17ClN2O5S. The maximum absolute atomic E-state index is 12.3. The molecule has 0 fully saturated rings. The first-order valence-corrected chi connectivity index (χ1v) is 9.18. The molecule has 2 rings (SSSR count). The van der Waals surface area contributed by atoms with Crippen LogP contribution in [0.1, 0.15) is 33.9 Å². The molecule has 0 aliphatic heterocycles. The number of rotatable bonds is 8. The summed E-state index contributed by atoms with van der Waals surface area (Å²) in [4.78, 5) is 28.6. The van der Waals surface area contributed by atoms with Crippen molar-refractivity contribution in [3.8, 4) is 17.6 Å². The lowest BCUT2D eigenvalue weighted by molar-refractivity contribution is -0.122. The number of halogens is 1. The molecule has 0 amide bonds. The Morgan fingerprint density at radius 2 is 2.15 bits per heavy atom. The summed E-state index contributed by atoms with van der Waals surface area (Å²) in [5, 5.41) is 11.5. The van der Waals surface area contributed by atoms with Crippen LogP contribution < -0.4 is 9.47 Å². The molecule has 0 aliphatic rings. The Balaban J connectivity index is 2.10.